The van der Waals surface area contributed by atoms with Crippen LogP contribution in [0.5, 0.6) is 0 Å². The first-order chi connectivity index (χ1) is 11.6. The average Bonchev–Trinajstić information content (AvgIpc) is 2.79. The standard InChI is InChI=1S/C17H21N3OS3/c1-13(15(21)19-11-7-2-3-8-12-19)23-16-18-20(17(22)24-16)14-9-5-4-6-10-14/h4-6,9-10,13H,2-3,7-8,11-12H2,1H3. The molecule has 0 radical (unpaired) electrons. The maximum atomic E-state index is 12.7. The highest BCUT2D eigenvalue weighted by Gasteiger charge is 2.23. The van der Waals surface area contributed by atoms with Crippen LogP contribution in [0.25, 0.3) is 5.69 Å². The monoisotopic (exact) mass is 379 g/mol. The van der Waals surface area contributed by atoms with Crippen LogP contribution in [0.1, 0.15) is 32.6 Å². The Morgan fingerprint density at radius 2 is 1.88 bits per heavy atom. The lowest BCUT2D eigenvalue weighted by molar-refractivity contribution is -0.130. The lowest BCUT2D eigenvalue weighted by atomic mass is 10.2. The Hall–Kier alpha value is -1.18. The lowest BCUT2D eigenvalue weighted by Crippen LogP contribution is -2.37. The molecule has 0 spiro atoms. The molecule has 4 nitrogen and oxygen atoms in total. The molecule has 128 valence electrons. The van der Waals surface area contributed by atoms with E-state index in [9.17, 15) is 4.79 Å². The average molecular weight is 380 g/mol. The smallest absolute Gasteiger partial charge is 0.235 e. The van der Waals surface area contributed by atoms with Crippen molar-refractivity contribution in [3.05, 3.63) is 34.3 Å². The molecule has 0 bridgehead atoms. The van der Waals surface area contributed by atoms with E-state index in [0.717, 1.165) is 36.0 Å². The fraction of sp³-hybridized carbons (Fsp3) is 0.471. The van der Waals surface area contributed by atoms with Crippen molar-refractivity contribution < 1.29 is 4.79 Å². The van der Waals surface area contributed by atoms with Gasteiger partial charge < -0.3 is 4.90 Å². The summed E-state index contributed by atoms with van der Waals surface area (Å²) < 4.78 is 3.32. The summed E-state index contributed by atoms with van der Waals surface area (Å²) in [6.07, 6.45) is 4.69. The van der Waals surface area contributed by atoms with Gasteiger partial charge in [-0.05, 0) is 44.1 Å². The lowest BCUT2D eigenvalue weighted by Gasteiger charge is -2.23. The summed E-state index contributed by atoms with van der Waals surface area (Å²) >= 11 is 8.40. The quantitative estimate of drug-likeness (QED) is 0.577. The summed E-state index contributed by atoms with van der Waals surface area (Å²) in [4.78, 5) is 14.7. The van der Waals surface area contributed by atoms with Gasteiger partial charge in [0.1, 0.15) is 0 Å². The molecule has 0 saturated carbocycles. The molecule has 1 unspecified atom stereocenters. The number of hydrogen-bond donors (Lipinski definition) is 0. The first-order valence-corrected chi connectivity index (χ1v) is 10.4. The maximum absolute atomic E-state index is 12.7. The van der Waals surface area contributed by atoms with Gasteiger partial charge in [0.15, 0.2) is 8.29 Å². The zero-order valence-electron chi connectivity index (χ0n) is 13.7. The van der Waals surface area contributed by atoms with Crippen molar-refractivity contribution >= 4 is 41.2 Å². The molecule has 1 saturated heterocycles. The van der Waals surface area contributed by atoms with Gasteiger partial charge in [-0.15, -0.1) is 5.10 Å². The van der Waals surface area contributed by atoms with E-state index in [-0.39, 0.29) is 11.2 Å². The second kappa shape index (κ2) is 8.27. The molecule has 1 amide bonds. The highest BCUT2D eigenvalue weighted by molar-refractivity contribution is 8.02. The predicted molar refractivity (Wildman–Crippen MR) is 103 cm³/mol. The van der Waals surface area contributed by atoms with E-state index in [1.807, 2.05) is 42.2 Å². The minimum absolute atomic E-state index is 0.132. The van der Waals surface area contributed by atoms with E-state index >= 15 is 0 Å². The molecular formula is C17H21N3OS3. The SMILES string of the molecule is CC(Sc1nn(-c2ccccc2)c(=S)s1)C(=O)N1CCCCCC1. The van der Waals surface area contributed by atoms with Crippen molar-refractivity contribution in [2.75, 3.05) is 13.1 Å². The van der Waals surface area contributed by atoms with Crippen LogP contribution < -0.4 is 0 Å². The largest absolute Gasteiger partial charge is 0.342 e. The molecule has 0 N–H and O–H groups in total. The third-order valence-electron chi connectivity index (χ3n) is 4.07. The van der Waals surface area contributed by atoms with Crippen molar-refractivity contribution in [3.8, 4) is 5.69 Å². The molecule has 1 fully saturated rings. The number of nitrogens with zero attached hydrogens (tertiary/aromatic N) is 3. The number of rotatable bonds is 4. The van der Waals surface area contributed by atoms with Crippen LogP contribution in [-0.2, 0) is 4.79 Å². The number of amides is 1. The van der Waals surface area contributed by atoms with Crippen molar-refractivity contribution in [3.63, 3.8) is 0 Å². The van der Waals surface area contributed by atoms with Crippen molar-refractivity contribution in [1.29, 1.82) is 0 Å². The molecule has 1 aliphatic heterocycles. The van der Waals surface area contributed by atoms with E-state index in [1.54, 1.807) is 4.68 Å². The van der Waals surface area contributed by atoms with Crippen LogP contribution in [0.15, 0.2) is 34.7 Å². The summed E-state index contributed by atoms with van der Waals surface area (Å²) in [5, 5.41) is 4.46. The van der Waals surface area contributed by atoms with Gasteiger partial charge in [0.05, 0.1) is 10.9 Å². The second-order valence-electron chi connectivity index (χ2n) is 5.88. The zero-order valence-corrected chi connectivity index (χ0v) is 16.1. The predicted octanol–water partition coefficient (Wildman–Crippen LogP) is 4.55. The Morgan fingerprint density at radius 3 is 2.54 bits per heavy atom. The van der Waals surface area contributed by atoms with E-state index in [2.05, 4.69) is 5.10 Å². The van der Waals surface area contributed by atoms with E-state index in [0.29, 0.717) is 3.95 Å². The molecule has 3 rings (SSSR count). The Bertz CT molecular complexity index is 733. The van der Waals surface area contributed by atoms with Crippen molar-refractivity contribution in [2.45, 2.75) is 42.2 Å². The van der Waals surface area contributed by atoms with Gasteiger partial charge in [0.25, 0.3) is 0 Å². The van der Waals surface area contributed by atoms with Gasteiger partial charge in [0, 0.05) is 13.1 Å². The van der Waals surface area contributed by atoms with E-state index < -0.39 is 0 Å². The Morgan fingerprint density at radius 1 is 1.21 bits per heavy atom. The number of para-hydroxylation sites is 1. The molecule has 2 heterocycles. The second-order valence-corrected chi connectivity index (χ2v) is 9.09. The molecule has 1 atom stereocenters. The van der Waals surface area contributed by atoms with Crippen molar-refractivity contribution in [1.82, 2.24) is 14.7 Å². The Balaban J connectivity index is 1.69. The van der Waals surface area contributed by atoms with Gasteiger partial charge in [-0.25, -0.2) is 4.68 Å². The molecule has 2 aromatic rings. The molecule has 7 heteroatoms. The van der Waals surface area contributed by atoms with Crippen LogP contribution in [0, 0.1) is 3.95 Å². The minimum Gasteiger partial charge on any atom is -0.342 e. The summed E-state index contributed by atoms with van der Waals surface area (Å²) in [6.45, 7) is 3.74. The molecular weight excluding hydrogens is 358 g/mol. The highest BCUT2D eigenvalue weighted by atomic mass is 32.2. The molecule has 1 aliphatic rings. The van der Waals surface area contributed by atoms with Crippen LogP contribution in [0.2, 0.25) is 0 Å². The van der Waals surface area contributed by atoms with Gasteiger partial charge in [-0.3, -0.25) is 4.79 Å². The Labute approximate surface area is 155 Å². The van der Waals surface area contributed by atoms with E-state index in [4.69, 9.17) is 12.2 Å². The normalized spacial score (nSPS) is 16.6. The summed E-state index contributed by atoms with van der Waals surface area (Å²) in [5.41, 5.74) is 0.956. The van der Waals surface area contributed by atoms with Gasteiger partial charge in [0.2, 0.25) is 5.91 Å². The van der Waals surface area contributed by atoms with Crippen LogP contribution in [0.4, 0.5) is 0 Å². The molecule has 24 heavy (non-hydrogen) atoms. The number of thioether (sulfide) groups is 1. The minimum atomic E-state index is -0.132. The number of carbonyl (C=O) groups excluding carboxylic acids is 1. The van der Waals surface area contributed by atoms with Crippen LogP contribution in [0.3, 0.4) is 0 Å². The molecule has 0 aliphatic carbocycles. The first kappa shape index (κ1) is 17.6. The van der Waals surface area contributed by atoms with E-state index in [1.165, 1.54) is 35.9 Å². The van der Waals surface area contributed by atoms with Crippen LogP contribution >= 0.6 is 35.3 Å². The third kappa shape index (κ3) is 4.26. The van der Waals surface area contributed by atoms with Crippen LogP contribution in [-0.4, -0.2) is 38.9 Å². The first-order valence-electron chi connectivity index (χ1n) is 8.26. The number of carbonyl (C=O) groups is 1. The van der Waals surface area contributed by atoms with Gasteiger partial charge in [-0.2, -0.15) is 0 Å². The topological polar surface area (TPSA) is 38.1 Å². The number of aromatic nitrogens is 2. The molecule has 1 aromatic heterocycles. The zero-order chi connectivity index (χ0) is 16.9. The summed E-state index contributed by atoms with van der Waals surface area (Å²) in [7, 11) is 0. The van der Waals surface area contributed by atoms with Crippen molar-refractivity contribution in [2.24, 2.45) is 0 Å². The molecule has 1 aromatic carbocycles. The fourth-order valence-corrected chi connectivity index (χ4v) is 5.38. The number of benzene rings is 1. The number of likely N-dealkylation sites (tertiary alicyclic amines) is 1. The summed E-state index contributed by atoms with van der Waals surface area (Å²) in [6, 6.07) is 9.87. The number of hydrogen-bond acceptors (Lipinski definition) is 5. The van der Waals surface area contributed by atoms with Gasteiger partial charge >= 0.3 is 0 Å². The summed E-state index contributed by atoms with van der Waals surface area (Å²) in [5.74, 6) is 0.217. The third-order valence-corrected chi connectivity index (χ3v) is 6.48. The van der Waals surface area contributed by atoms with Gasteiger partial charge in [-0.1, -0.05) is 54.1 Å². The fourth-order valence-electron chi connectivity index (χ4n) is 2.79. The highest BCUT2D eigenvalue weighted by Crippen LogP contribution is 2.29. The maximum Gasteiger partial charge on any atom is 0.235 e. The Kier molecular flexibility index (Phi) is 6.08.